The molecule has 0 saturated carbocycles. The Balaban J connectivity index is 2.16. The first-order chi connectivity index (χ1) is 9.60. The first-order valence-electron chi connectivity index (χ1n) is 5.85. The van der Waals surface area contributed by atoms with Crippen LogP contribution in [0.1, 0.15) is 5.69 Å². The van der Waals surface area contributed by atoms with Crippen molar-refractivity contribution in [3.63, 3.8) is 0 Å². The maximum Gasteiger partial charge on any atom is 0.417 e. The number of nitrogens with one attached hydrogen (secondary N) is 1. The number of carbonyl (C=O) groups is 1. The molecule has 0 aliphatic rings. The lowest BCUT2D eigenvalue weighted by Crippen LogP contribution is -2.17. The lowest BCUT2D eigenvalue weighted by atomic mass is 10.3. The molecule has 1 N–H and O–H groups in total. The summed E-state index contributed by atoms with van der Waals surface area (Å²) in [6.45, 7) is 1.84. The molecule has 0 unspecified atom stereocenters. The lowest BCUT2D eigenvalue weighted by Gasteiger charge is -2.11. The van der Waals surface area contributed by atoms with Crippen LogP contribution in [-0.2, 0) is 0 Å². The van der Waals surface area contributed by atoms with Crippen LogP contribution in [-0.4, -0.2) is 17.3 Å². The number of para-hydroxylation sites is 1. The van der Waals surface area contributed by atoms with Crippen LogP contribution in [0.4, 0.5) is 10.5 Å². The van der Waals surface area contributed by atoms with Crippen LogP contribution < -0.4 is 10.1 Å². The van der Waals surface area contributed by atoms with Gasteiger partial charge >= 0.3 is 6.09 Å². The molecule has 1 amide bonds. The van der Waals surface area contributed by atoms with Crippen molar-refractivity contribution in [1.29, 1.82) is 0 Å². The zero-order chi connectivity index (χ0) is 14.5. The highest BCUT2D eigenvalue weighted by Gasteiger charge is 2.14. The monoisotopic (exact) mass is 308 g/mol. The second-order valence-corrected chi connectivity index (χ2v) is 5.17. The van der Waals surface area contributed by atoms with E-state index in [1.165, 1.54) is 11.8 Å². The predicted octanol–water partition coefficient (Wildman–Crippen LogP) is 4.38. The minimum atomic E-state index is -0.598. The van der Waals surface area contributed by atoms with Crippen molar-refractivity contribution in [2.75, 3.05) is 11.6 Å². The van der Waals surface area contributed by atoms with Crippen molar-refractivity contribution in [3.8, 4) is 5.75 Å². The predicted molar refractivity (Wildman–Crippen MR) is 81.9 cm³/mol. The summed E-state index contributed by atoms with van der Waals surface area (Å²) in [5.74, 6) is 0.465. The number of benzene rings is 1. The molecule has 1 heterocycles. The van der Waals surface area contributed by atoms with Crippen LogP contribution in [0.15, 0.2) is 41.3 Å². The van der Waals surface area contributed by atoms with Crippen LogP contribution in [0.5, 0.6) is 5.75 Å². The normalized spacial score (nSPS) is 10.2. The van der Waals surface area contributed by atoms with Gasteiger partial charge in [0.15, 0.2) is 5.15 Å². The molecule has 2 rings (SSSR count). The second kappa shape index (κ2) is 6.63. The van der Waals surface area contributed by atoms with Gasteiger partial charge in [0.2, 0.25) is 0 Å². The third-order valence-corrected chi connectivity index (χ3v) is 3.50. The Morgan fingerprint density at radius 3 is 2.70 bits per heavy atom. The van der Waals surface area contributed by atoms with Crippen LogP contribution >= 0.6 is 23.4 Å². The first-order valence-corrected chi connectivity index (χ1v) is 7.45. The number of rotatable bonds is 3. The number of halogens is 1. The molecule has 6 heteroatoms. The summed E-state index contributed by atoms with van der Waals surface area (Å²) in [6, 6.07) is 10.7. The van der Waals surface area contributed by atoms with E-state index < -0.39 is 6.09 Å². The highest BCUT2D eigenvalue weighted by Crippen LogP contribution is 2.31. The molecule has 20 heavy (non-hydrogen) atoms. The molecule has 0 saturated heterocycles. The number of amides is 1. The molecule has 0 atom stereocenters. The van der Waals surface area contributed by atoms with Gasteiger partial charge in [-0.2, -0.15) is 0 Å². The second-order valence-electron chi connectivity index (χ2n) is 3.96. The van der Waals surface area contributed by atoms with Crippen molar-refractivity contribution in [3.05, 3.63) is 47.2 Å². The SMILES string of the molecule is CSc1cc(C)nc(Cl)c1NC(=O)Oc1ccccc1. The van der Waals surface area contributed by atoms with E-state index in [0.29, 0.717) is 11.4 Å². The van der Waals surface area contributed by atoms with E-state index in [1.807, 2.05) is 25.3 Å². The van der Waals surface area contributed by atoms with Crippen LogP contribution in [0.3, 0.4) is 0 Å². The van der Waals surface area contributed by atoms with E-state index in [1.54, 1.807) is 24.3 Å². The van der Waals surface area contributed by atoms with Crippen molar-refractivity contribution in [1.82, 2.24) is 4.98 Å². The fourth-order valence-corrected chi connectivity index (χ4v) is 2.58. The Hall–Kier alpha value is -1.72. The summed E-state index contributed by atoms with van der Waals surface area (Å²) in [6.07, 6.45) is 1.30. The zero-order valence-corrected chi connectivity index (χ0v) is 12.6. The van der Waals surface area contributed by atoms with E-state index in [0.717, 1.165) is 10.6 Å². The summed E-state index contributed by atoms with van der Waals surface area (Å²) in [5.41, 5.74) is 1.26. The number of anilines is 1. The van der Waals surface area contributed by atoms with Crippen molar-refractivity contribution < 1.29 is 9.53 Å². The van der Waals surface area contributed by atoms with Gasteiger partial charge in [-0.15, -0.1) is 11.8 Å². The average Bonchev–Trinajstić information content (AvgIpc) is 2.42. The quantitative estimate of drug-likeness (QED) is 0.675. The fraction of sp³-hybridized carbons (Fsp3) is 0.143. The Morgan fingerprint density at radius 1 is 1.35 bits per heavy atom. The fourth-order valence-electron chi connectivity index (χ4n) is 1.60. The Labute approximate surface area is 126 Å². The summed E-state index contributed by atoms with van der Waals surface area (Å²) in [7, 11) is 0. The van der Waals surface area contributed by atoms with Gasteiger partial charge in [0.05, 0.1) is 5.69 Å². The third kappa shape index (κ3) is 3.65. The zero-order valence-electron chi connectivity index (χ0n) is 11.0. The van der Waals surface area contributed by atoms with E-state index in [-0.39, 0.29) is 5.15 Å². The molecule has 0 fully saturated rings. The van der Waals surface area contributed by atoms with Crippen LogP contribution in [0, 0.1) is 6.92 Å². The van der Waals surface area contributed by atoms with Gasteiger partial charge < -0.3 is 4.74 Å². The van der Waals surface area contributed by atoms with E-state index in [9.17, 15) is 4.79 Å². The molecular formula is C14H13ClN2O2S. The van der Waals surface area contributed by atoms with Gasteiger partial charge in [-0.1, -0.05) is 29.8 Å². The number of aromatic nitrogens is 1. The Bertz CT molecular complexity index is 620. The number of carbonyl (C=O) groups excluding carboxylic acids is 1. The Kier molecular flexibility index (Phi) is 4.87. The third-order valence-electron chi connectivity index (χ3n) is 2.47. The summed E-state index contributed by atoms with van der Waals surface area (Å²) >= 11 is 7.54. The minimum absolute atomic E-state index is 0.249. The van der Waals surface area contributed by atoms with Crippen LogP contribution in [0.25, 0.3) is 0 Å². The molecule has 4 nitrogen and oxygen atoms in total. The first kappa shape index (κ1) is 14.7. The van der Waals surface area contributed by atoms with E-state index >= 15 is 0 Å². The molecule has 104 valence electrons. The highest BCUT2D eigenvalue weighted by atomic mass is 35.5. The largest absolute Gasteiger partial charge is 0.417 e. The van der Waals surface area contributed by atoms with E-state index in [4.69, 9.17) is 16.3 Å². The lowest BCUT2D eigenvalue weighted by molar-refractivity contribution is 0.215. The topological polar surface area (TPSA) is 51.2 Å². The van der Waals surface area contributed by atoms with Gasteiger partial charge in [0.25, 0.3) is 0 Å². The molecule has 0 aliphatic carbocycles. The van der Waals surface area contributed by atoms with Crippen LogP contribution in [0.2, 0.25) is 5.15 Å². The van der Waals surface area contributed by atoms with Gasteiger partial charge in [-0.05, 0) is 31.4 Å². The van der Waals surface area contributed by atoms with Gasteiger partial charge in [0.1, 0.15) is 5.75 Å². The van der Waals surface area contributed by atoms with E-state index in [2.05, 4.69) is 10.3 Å². The number of aryl methyl sites for hydroxylation is 1. The number of hydrogen-bond acceptors (Lipinski definition) is 4. The number of pyridine rings is 1. The smallest absolute Gasteiger partial charge is 0.410 e. The molecule has 0 bridgehead atoms. The number of hydrogen-bond donors (Lipinski definition) is 1. The average molecular weight is 309 g/mol. The number of ether oxygens (including phenoxy) is 1. The minimum Gasteiger partial charge on any atom is -0.410 e. The van der Waals surface area contributed by atoms with Gasteiger partial charge in [-0.3, -0.25) is 5.32 Å². The highest BCUT2D eigenvalue weighted by molar-refractivity contribution is 7.98. The summed E-state index contributed by atoms with van der Waals surface area (Å²) in [5, 5.41) is 2.88. The molecule has 1 aromatic carbocycles. The standard InChI is InChI=1S/C14H13ClN2O2S/c1-9-8-11(20-2)12(13(15)16-9)17-14(18)19-10-6-4-3-5-7-10/h3-8H,1-2H3,(H,17,18). The molecule has 0 radical (unpaired) electrons. The molecule has 0 spiro atoms. The summed E-state index contributed by atoms with van der Waals surface area (Å²) < 4.78 is 5.16. The van der Waals surface area contributed by atoms with Crippen molar-refractivity contribution in [2.45, 2.75) is 11.8 Å². The Morgan fingerprint density at radius 2 is 2.05 bits per heavy atom. The number of nitrogens with zero attached hydrogens (tertiary/aromatic N) is 1. The maximum atomic E-state index is 11.9. The van der Waals surface area contributed by atoms with Crippen molar-refractivity contribution in [2.24, 2.45) is 0 Å². The summed E-state index contributed by atoms with van der Waals surface area (Å²) in [4.78, 5) is 16.8. The number of thioether (sulfide) groups is 1. The van der Waals surface area contributed by atoms with Crippen molar-refractivity contribution >= 4 is 35.1 Å². The van der Waals surface area contributed by atoms with Gasteiger partial charge in [-0.25, -0.2) is 9.78 Å². The molecule has 0 aliphatic heterocycles. The molecule has 1 aromatic heterocycles. The maximum absolute atomic E-state index is 11.9. The molecule has 2 aromatic rings. The van der Waals surface area contributed by atoms with Gasteiger partial charge in [0, 0.05) is 10.6 Å². The molecular weight excluding hydrogens is 296 g/mol.